The first-order chi connectivity index (χ1) is 14.6. The minimum absolute atomic E-state index is 0.0997. The summed E-state index contributed by atoms with van der Waals surface area (Å²) in [6.45, 7) is 1.76. The lowest BCUT2D eigenvalue weighted by Gasteiger charge is -2.31. The lowest BCUT2D eigenvalue weighted by molar-refractivity contribution is -0.248. The smallest absolute Gasteiger partial charge is 0.432 e. The van der Waals surface area contributed by atoms with Crippen LogP contribution in [0.3, 0.4) is 0 Å². The van der Waals surface area contributed by atoms with Crippen LogP contribution in [0.2, 0.25) is 10.0 Å². The summed E-state index contributed by atoms with van der Waals surface area (Å²) in [5.74, 6) is -0.0546. The minimum Gasteiger partial charge on any atom is -0.472 e. The Morgan fingerprint density at radius 1 is 1.16 bits per heavy atom. The van der Waals surface area contributed by atoms with Crippen LogP contribution in [0.4, 0.5) is 13.2 Å². The molecule has 1 fully saturated rings. The van der Waals surface area contributed by atoms with Crippen molar-refractivity contribution in [3.8, 4) is 5.75 Å². The topological polar surface area (TPSA) is 38.3 Å². The molecule has 1 aliphatic carbocycles. The van der Waals surface area contributed by atoms with E-state index in [-0.39, 0.29) is 33.3 Å². The lowest BCUT2D eigenvalue weighted by Crippen LogP contribution is -2.46. The zero-order chi connectivity index (χ0) is 22.4. The first kappa shape index (κ1) is 22.0. The quantitative estimate of drug-likeness (QED) is 0.521. The molecule has 1 amide bonds. The number of rotatable bonds is 4. The van der Waals surface area contributed by atoms with E-state index in [4.69, 9.17) is 27.9 Å². The molecule has 1 unspecified atom stereocenters. The number of ether oxygens (including phenoxy) is 1. The van der Waals surface area contributed by atoms with E-state index in [0.29, 0.717) is 16.7 Å². The molecule has 0 saturated heterocycles. The Labute approximate surface area is 188 Å². The van der Waals surface area contributed by atoms with Gasteiger partial charge in [-0.1, -0.05) is 29.3 Å². The van der Waals surface area contributed by atoms with E-state index in [9.17, 15) is 18.0 Å². The molecule has 31 heavy (non-hydrogen) atoms. The lowest BCUT2D eigenvalue weighted by atomic mass is 9.87. The third-order valence-electron chi connectivity index (χ3n) is 5.83. The number of hydrogen-bond acceptors (Lipinski definition) is 2. The van der Waals surface area contributed by atoms with Crippen LogP contribution >= 0.6 is 23.2 Å². The third-order valence-corrected chi connectivity index (χ3v) is 6.26. The summed E-state index contributed by atoms with van der Waals surface area (Å²) in [5, 5.41) is 3.12. The van der Waals surface area contributed by atoms with Gasteiger partial charge in [0.25, 0.3) is 0 Å². The zero-order valence-corrected chi connectivity index (χ0v) is 18.2. The maximum absolute atomic E-state index is 14.2. The van der Waals surface area contributed by atoms with Crippen molar-refractivity contribution in [2.45, 2.75) is 50.4 Å². The molecule has 2 aliphatic rings. The number of carbonyl (C=O) groups excluding carboxylic acids is 1. The summed E-state index contributed by atoms with van der Waals surface area (Å²) in [7, 11) is 0. The minimum atomic E-state index is -4.70. The van der Waals surface area contributed by atoms with Crippen molar-refractivity contribution in [2.75, 3.05) is 0 Å². The van der Waals surface area contributed by atoms with Crippen LogP contribution in [0.25, 0.3) is 5.57 Å². The Bertz CT molecular complexity index is 1040. The van der Waals surface area contributed by atoms with Gasteiger partial charge in [0.05, 0.1) is 0 Å². The molecule has 0 spiro atoms. The molecule has 0 aromatic heterocycles. The second kappa shape index (κ2) is 8.06. The molecule has 1 saturated carbocycles. The first-order valence-electron chi connectivity index (χ1n) is 9.92. The van der Waals surface area contributed by atoms with Crippen LogP contribution in [0.5, 0.6) is 5.75 Å². The number of alkyl halides is 3. The van der Waals surface area contributed by atoms with Crippen LogP contribution in [0.1, 0.15) is 42.9 Å². The van der Waals surface area contributed by atoms with Crippen LogP contribution in [-0.4, -0.2) is 18.1 Å². The number of nitrogens with one attached hydrogen (secondary N) is 1. The van der Waals surface area contributed by atoms with Gasteiger partial charge in [-0.05, 0) is 73.2 Å². The summed E-state index contributed by atoms with van der Waals surface area (Å²) in [6, 6.07) is 8.83. The first-order valence-corrected chi connectivity index (χ1v) is 10.7. The summed E-state index contributed by atoms with van der Waals surface area (Å²) in [6.07, 6.45) is -0.587. The van der Waals surface area contributed by atoms with Crippen molar-refractivity contribution >= 4 is 34.7 Å². The Balaban J connectivity index is 1.64. The van der Waals surface area contributed by atoms with Gasteiger partial charge in [-0.2, -0.15) is 13.2 Å². The fraction of sp³-hybridized carbons (Fsp3) is 0.348. The van der Waals surface area contributed by atoms with Gasteiger partial charge < -0.3 is 10.1 Å². The largest absolute Gasteiger partial charge is 0.472 e. The van der Waals surface area contributed by atoms with E-state index in [2.05, 4.69) is 5.32 Å². The van der Waals surface area contributed by atoms with Crippen LogP contribution in [0, 0.1) is 0 Å². The van der Waals surface area contributed by atoms with Gasteiger partial charge in [0.1, 0.15) is 5.75 Å². The van der Waals surface area contributed by atoms with Crippen molar-refractivity contribution in [1.82, 2.24) is 5.32 Å². The molecule has 3 nitrogen and oxygen atoms in total. The zero-order valence-electron chi connectivity index (χ0n) is 16.7. The average Bonchev–Trinajstić information content (AvgIpc) is 3.04. The number of carbonyl (C=O) groups is 1. The van der Waals surface area contributed by atoms with Gasteiger partial charge >= 0.3 is 6.18 Å². The predicted molar refractivity (Wildman–Crippen MR) is 114 cm³/mol. The monoisotopic (exact) mass is 469 g/mol. The number of halogens is 5. The van der Waals surface area contributed by atoms with Crippen LogP contribution in [-0.2, 0) is 16.8 Å². The van der Waals surface area contributed by atoms with E-state index in [0.717, 1.165) is 19.3 Å². The molecular formula is C23H20Cl2F3NO2. The van der Waals surface area contributed by atoms with E-state index in [1.54, 1.807) is 19.1 Å². The van der Waals surface area contributed by atoms with Crippen LogP contribution in [0.15, 0.2) is 42.5 Å². The summed E-state index contributed by atoms with van der Waals surface area (Å²) in [5.41, 5.74) is -1.01. The standard InChI is InChI=1S/C23H20Cl2F3NO2/c1-13(7-21(30)29-19-3-2-4-19)14-5-6-20-15(8-14)12-22(31-20,23(26,27)28)16-9-17(24)11-18(25)10-16/h5-11,19H,2-4,12H2,1H3,(H,29,30)/b13-7+. The molecule has 164 valence electrons. The molecule has 0 radical (unpaired) electrons. The van der Waals surface area contributed by atoms with Crippen molar-refractivity contribution in [1.29, 1.82) is 0 Å². The van der Waals surface area contributed by atoms with Crippen LogP contribution < -0.4 is 10.1 Å². The van der Waals surface area contributed by atoms with Crippen molar-refractivity contribution < 1.29 is 22.7 Å². The highest BCUT2D eigenvalue weighted by molar-refractivity contribution is 6.34. The van der Waals surface area contributed by atoms with Crippen molar-refractivity contribution in [3.05, 3.63) is 69.2 Å². The van der Waals surface area contributed by atoms with E-state index in [1.165, 1.54) is 30.3 Å². The summed E-state index contributed by atoms with van der Waals surface area (Å²) >= 11 is 11.9. The molecule has 1 aliphatic heterocycles. The summed E-state index contributed by atoms with van der Waals surface area (Å²) < 4.78 is 48.2. The van der Waals surface area contributed by atoms with Crippen molar-refractivity contribution in [2.24, 2.45) is 0 Å². The second-order valence-corrected chi connectivity index (χ2v) is 8.92. The molecular weight excluding hydrogens is 450 g/mol. The fourth-order valence-electron chi connectivity index (χ4n) is 3.90. The second-order valence-electron chi connectivity index (χ2n) is 8.05. The summed E-state index contributed by atoms with van der Waals surface area (Å²) in [4.78, 5) is 12.2. The number of hydrogen-bond donors (Lipinski definition) is 1. The Morgan fingerprint density at radius 2 is 1.84 bits per heavy atom. The Kier molecular flexibility index (Phi) is 5.73. The molecule has 0 bridgehead atoms. The Hall–Kier alpha value is -2.18. The van der Waals surface area contributed by atoms with Gasteiger partial charge in [-0.25, -0.2) is 0 Å². The molecule has 1 atom stereocenters. The van der Waals surface area contributed by atoms with E-state index in [1.807, 2.05) is 0 Å². The molecule has 1 N–H and O–H groups in total. The maximum Gasteiger partial charge on any atom is 0.432 e. The maximum atomic E-state index is 14.2. The van der Waals surface area contributed by atoms with Gasteiger partial charge in [0.2, 0.25) is 11.5 Å². The number of fused-ring (bicyclic) bond motifs is 1. The molecule has 4 rings (SSSR count). The Morgan fingerprint density at radius 3 is 2.42 bits per heavy atom. The third kappa shape index (κ3) is 4.28. The number of amides is 1. The average molecular weight is 470 g/mol. The number of benzene rings is 2. The molecule has 8 heteroatoms. The van der Waals surface area contributed by atoms with E-state index >= 15 is 0 Å². The van der Waals surface area contributed by atoms with E-state index < -0.39 is 18.2 Å². The molecule has 1 heterocycles. The van der Waals surface area contributed by atoms with Crippen molar-refractivity contribution in [3.63, 3.8) is 0 Å². The van der Waals surface area contributed by atoms with Gasteiger partial charge in [-0.15, -0.1) is 0 Å². The highest BCUT2D eigenvalue weighted by Gasteiger charge is 2.61. The molecule has 2 aromatic rings. The SMILES string of the molecule is C/C(=C\C(=O)NC1CCC1)c1ccc2c(c1)CC(c1cc(Cl)cc(Cl)c1)(C(F)(F)F)O2. The fourth-order valence-corrected chi connectivity index (χ4v) is 4.43. The van der Waals surface area contributed by atoms with Gasteiger partial charge in [0, 0.05) is 34.1 Å². The number of allylic oxidation sites excluding steroid dienone is 1. The predicted octanol–water partition coefficient (Wildman–Crippen LogP) is 6.46. The molecule has 2 aromatic carbocycles. The highest BCUT2D eigenvalue weighted by Crippen LogP contribution is 2.52. The normalized spacial score (nSPS) is 21.3. The highest BCUT2D eigenvalue weighted by atomic mass is 35.5. The van der Waals surface area contributed by atoms with Gasteiger partial charge in [0.15, 0.2) is 0 Å². The van der Waals surface area contributed by atoms with Gasteiger partial charge in [-0.3, -0.25) is 4.79 Å².